The molecule has 0 saturated heterocycles. The zero-order valence-electron chi connectivity index (χ0n) is 4.34. The number of hydrogen-bond donors (Lipinski definition) is 1. The van der Waals surface area contributed by atoms with E-state index in [1.165, 1.54) is 6.20 Å². The molecule has 0 saturated carbocycles. The lowest BCUT2D eigenvalue weighted by Gasteiger charge is -1.86. The third-order valence-electron chi connectivity index (χ3n) is 0.728. The van der Waals surface area contributed by atoms with E-state index in [9.17, 15) is 8.78 Å². The Morgan fingerprint density at radius 2 is 2.33 bits per heavy atom. The Morgan fingerprint density at radius 3 is 2.56 bits per heavy atom. The Hall–Kier alpha value is -0.710. The van der Waals surface area contributed by atoms with Crippen LogP contribution < -0.4 is 5.73 Å². The standard InChI is InChI=1S/C4H4F2N2S/c5-3(6)4-8-1-2(7)9-4/h1,3H,7H2. The highest BCUT2D eigenvalue weighted by atomic mass is 32.1. The van der Waals surface area contributed by atoms with Crippen molar-refractivity contribution in [2.75, 3.05) is 5.73 Å². The first-order valence-corrected chi connectivity index (χ1v) is 3.01. The molecule has 1 aromatic rings. The highest BCUT2D eigenvalue weighted by Crippen LogP contribution is 2.24. The molecule has 0 bridgehead atoms. The number of thiazole rings is 1. The predicted octanol–water partition coefficient (Wildman–Crippen LogP) is 1.66. The van der Waals surface area contributed by atoms with Crippen LogP contribution in [0.15, 0.2) is 6.20 Å². The van der Waals surface area contributed by atoms with E-state index in [2.05, 4.69) is 4.98 Å². The lowest BCUT2D eigenvalue weighted by molar-refractivity contribution is 0.151. The van der Waals surface area contributed by atoms with Crippen LogP contribution in [0.4, 0.5) is 13.8 Å². The summed E-state index contributed by atoms with van der Waals surface area (Å²) in [4.78, 5) is 3.36. The second-order valence-corrected chi connectivity index (χ2v) is 2.50. The van der Waals surface area contributed by atoms with E-state index >= 15 is 0 Å². The van der Waals surface area contributed by atoms with Crippen molar-refractivity contribution in [3.8, 4) is 0 Å². The number of halogens is 2. The summed E-state index contributed by atoms with van der Waals surface area (Å²) in [5.74, 6) is 0. The van der Waals surface area contributed by atoms with Crippen LogP contribution >= 0.6 is 11.3 Å². The van der Waals surface area contributed by atoms with E-state index in [0.717, 1.165) is 11.3 Å². The number of aromatic nitrogens is 1. The van der Waals surface area contributed by atoms with Gasteiger partial charge in [-0.25, -0.2) is 13.8 Å². The van der Waals surface area contributed by atoms with Crippen LogP contribution in [0.3, 0.4) is 0 Å². The fraction of sp³-hybridized carbons (Fsp3) is 0.250. The number of rotatable bonds is 1. The topological polar surface area (TPSA) is 38.9 Å². The largest absolute Gasteiger partial charge is 0.389 e. The molecule has 0 unspecified atom stereocenters. The molecule has 1 aromatic heterocycles. The summed E-state index contributed by atoms with van der Waals surface area (Å²) in [6.45, 7) is 0. The van der Waals surface area contributed by atoms with Crippen LogP contribution in [0.2, 0.25) is 0 Å². The van der Waals surface area contributed by atoms with Crippen molar-refractivity contribution in [3.63, 3.8) is 0 Å². The molecule has 2 N–H and O–H groups in total. The first-order chi connectivity index (χ1) is 4.20. The van der Waals surface area contributed by atoms with Gasteiger partial charge in [-0.1, -0.05) is 11.3 Å². The maximum absolute atomic E-state index is 11.7. The monoisotopic (exact) mass is 150 g/mol. The molecule has 2 nitrogen and oxygen atoms in total. The summed E-state index contributed by atoms with van der Waals surface area (Å²) in [6.07, 6.45) is -1.26. The third kappa shape index (κ3) is 1.35. The molecule has 0 radical (unpaired) electrons. The molecule has 0 spiro atoms. The summed E-state index contributed by atoms with van der Waals surface area (Å²) < 4.78 is 23.3. The minimum atomic E-state index is -2.49. The molecule has 0 aliphatic heterocycles. The third-order valence-corrected chi connectivity index (χ3v) is 1.56. The minimum Gasteiger partial charge on any atom is -0.389 e. The van der Waals surface area contributed by atoms with Crippen molar-refractivity contribution in [2.24, 2.45) is 0 Å². The van der Waals surface area contributed by atoms with Gasteiger partial charge in [0, 0.05) is 0 Å². The summed E-state index contributed by atoms with van der Waals surface area (Å²) >= 11 is 0.812. The highest BCUT2D eigenvalue weighted by molar-refractivity contribution is 7.15. The fourth-order valence-corrected chi connectivity index (χ4v) is 0.943. The average Bonchev–Trinajstić information content (AvgIpc) is 2.14. The predicted molar refractivity (Wildman–Crippen MR) is 31.5 cm³/mol. The second-order valence-electron chi connectivity index (χ2n) is 1.40. The molecule has 1 heterocycles. The van der Waals surface area contributed by atoms with Gasteiger partial charge in [-0.2, -0.15) is 0 Å². The van der Waals surface area contributed by atoms with Gasteiger partial charge in [-0.05, 0) is 0 Å². The Kier molecular flexibility index (Phi) is 1.61. The first kappa shape index (κ1) is 6.41. The number of hydrogen-bond acceptors (Lipinski definition) is 3. The van der Waals surface area contributed by atoms with E-state index < -0.39 is 6.43 Å². The zero-order chi connectivity index (χ0) is 6.85. The zero-order valence-corrected chi connectivity index (χ0v) is 5.16. The van der Waals surface area contributed by atoms with Gasteiger partial charge in [-0.15, -0.1) is 0 Å². The van der Waals surface area contributed by atoms with Crippen LogP contribution in [0, 0.1) is 0 Å². The summed E-state index contributed by atoms with van der Waals surface area (Å²) in [5, 5.41) is 0.109. The summed E-state index contributed by atoms with van der Waals surface area (Å²) in [5.41, 5.74) is 5.14. The molecule has 50 valence electrons. The molecule has 1 rings (SSSR count). The Balaban J connectivity index is 2.85. The molecule has 0 aromatic carbocycles. The average molecular weight is 150 g/mol. The summed E-state index contributed by atoms with van der Waals surface area (Å²) in [6, 6.07) is 0. The van der Waals surface area contributed by atoms with Gasteiger partial charge in [0.05, 0.1) is 6.20 Å². The number of anilines is 1. The van der Waals surface area contributed by atoms with Crippen molar-refractivity contribution >= 4 is 16.3 Å². The van der Waals surface area contributed by atoms with E-state index in [1.807, 2.05) is 0 Å². The summed E-state index contributed by atoms with van der Waals surface area (Å²) in [7, 11) is 0. The molecule has 0 fully saturated rings. The fourth-order valence-electron chi connectivity index (χ4n) is 0.402. The van der Waals surface area contributed by atoms with Crippen LogP contribution in [0.5, 0.6) is 0 Å². The number of nitrogens with zero attached hydrogens (tertiary/aromatic N) is 1. The highest BCUT2D eigenvalue weighted by Gasteiger charge is 2.09. The number of nitrogens with two attached hydrogens (primary N) is 1. The van der Waals surface area contributed by atoms with Gasteiger partial charge < -0.3 is 5.73 Å². The van der Waals surface area contributed by atoms with Crippen molar-refractivity contribution in [2.45, 2.75) is 6.43 Å². The smallest absolute Gasteiger partial charge is 0.289 e. The van der Waals surface area contributed by atoms with Crippen LogP contribution in [-0.2, 0) is 0 Å². The molecular formula is C4H4F2N2S. The normalized spacial score (nSPS) is 10.6. The quantitative estimate of drug-likeness (QED) is 0.661. The molecule has 0 amide bonds. The number of alkyl halides is 2. The Labute approximate surface area is 54.3 Å². The Morgan fingerprint density at radius 1 is 1.67 bits per heavy atom. The van der Waals surface area contributed by atoms with Crippen LogP contribution in [-0.4, -0.2) is 4.98 Å². The molecule has 0 aliphatic carbocycles. The van der Waals surface area contributed by atoms with E-state index in [4.69, 9.17) is 5.73 Å². The Bertz CT molecular complexity index is 198. The minimum absolute atomic E-state index is 0.215. The molecule has 9 heavy (non-hydrogen) atoms. The van der Waals surface area contributed by atoms with Crippen molar-refractivity contribution in [1.29, 1.82) is 0 Å². The van der Waals surface area contributed by atoms with Crippen molar-refractivity contribution < 1.29 is 8.78 Å². The first-order valence-electron chi connectivity index (χ1n) is 2.19. The lowest BCUT2D eigenvalue weighted by atomic mass is 10.7. The molecule has 5 heteroatoms. The van der Waals surface area contributed by atoms with E-state index in [0.29, 0.717) is 5.00 Å². The van der Waals surface area contributed by atoms with Crippen molar-refractivity contribution in [3.05, 3.63) is 11.2 Å². The second kappa shape index (κ2) is 2.26. The molecule has 0 atom stereocenters. The maximum atomic E-state index is 11.7. The van der Waals surface area contributed by atoms with Crippen LogP contribution in [0.25, 0.3) is 0 Å². The van der Waals surface area contributed by atoms with Gasteiger partial charge in [0.1, 0.15) is 5.00 Å². The van der Waals surface area contributed by atoms with Gasteiger partial charge >= 0.3 is 0 Å². The van der Waals surface area contributed by atoms with Gasteiger partial charge in [0.15, 0.2) is 5.01 Å². The van der Waals surface area contributed by atoms with Crippen LogP contribution in [0.1, 0.15) is 11.4 Å². The van der Waals surface area contributed by atoms with E-state index in [1.54, 1.807) is 0 Å². The maximum Gasteiger partial charge on any atom is 0.289 e. The van der Waals surface area contributed by atoms with Gasteiger partial charge in [-0.3, -0.25) is 0 Å². The van der Waals surface area contributed by atoms with Gasteiger partial charge in [0.25, 0.3) is 6.43 Å². The molecule has 0 aliphatic rings. The van der Waals surface area contributed by atoms with Gasteiger partial charge in [0.2, 0.25) is 0 Å². The SMILES string of the molecule is Nc1cnc(C(F)F)s1. The molecular weight excluding hydrogens is 146 g/mol. The number of nitrogen functional groups attached to an aromatic ring is 1. The van der Waals surface area contributed by atoms with Crippen molar-refractivity contribution in [1.82, 2.24) is 4.98 Å². The van der Waals surface area contributed by atoms with E-state index in [-0.39, 0.29) is 5.01 Å². The lowest BCUT2D eigenvalue weighted by Crippen LogP contribution is -1.77.